The first-order valence-electron chi connectivity index (χ1n) is 8.51. The molecule has 0 aliphatic carbocycles. The zero-order valence-corrected chi connectivity index (χ0v) is 15.8. The molecule has 1 saturated heterocycles. The summed E-state index contributed by atoms with van der Waals surface area (Å²) in [6, 6.07) is 12.6. The van der Waals surface area contributed by atoms with Gasteiger partial charge in [-0.25, -0.2) is 8.42 Å². The third-order valence-corrected chi connectivity index (χ3v) is 6.31. The number of sulfonamides is 1. The number of ether oxygens (including phenoxy) is 1. The minimum Gasteiger partial charge on any atom is -0.378 e. The predicted molar refractivity (Wildman–Crippen MR) is 101 cm³/mol. The van der Waals surface area contributed by atoms with Crippen LogP contribution in [0.5, 0.6) is 0 Å². The summed E-state index contributed by atoms with van der Waals surface area (Å²) >= 11 is 0. The van der Waals surface area contributed by atoms with Gasteiger partial charge in [0.2, 0.25) is 10.0 Å². The molecular formula is C18H21N3O5S. The van der Waals surface area contributed by atoms with Gasteiger partial charge in [0, 0.05) is 44.5 Å². The maximum Gasteiger partial charge on any atom is 0.269 e. The number of anilines is 1. The highest BCUT2D eigenvalue weighted by Gasteiger charge is 2.23. The van der Waals surface area contributed by atoms with Crippen molar-refractivity contribution in [1.29, 1.82) is 0 Å². The lowest BCUT2D eigenvalue weighted by Gasteiger charge is -2.31. The topological polar surface area (TPSA) is 93.0 Å². The van der Waals surface area contributed by atoms with Crippen molar-refractivity contribution in [2.24, 2.45) is 0 Å². The van der Waals surface area contributed by atoms with Crippen LogP contribution in [-0.4, -0.2) is 51.0 Å². The molecule has 1 aliphatic heterocycles. The first-order chi connectivity index (χ1) is 12.9. The van der Waals surface area contributed by atoms with Gasteiger partial charge in [0.05, 0.1) is 23.0 Å². The van der Waals surface area contributed by atoms with Crippen molar-refractivity contribution >= 4 is 21.4 Å². The van der Waals surface area contributed by atoms with Crippen LogP contribution in [0.4, 0.5) is 11.4 Å². The lowest BCUT2D eigenvalue weighted by Crippen LogP contribution is -2.37. The highest BCUT2D eigenvalue weighted by Crippen LogP contribution is 2.25. The van der Waals surface area contributed by atoms with Gasteiger partial charge in [0.1, 0.15) is 0 Å². The second-order valence-electron chi connectivity index (χ2n) is 6.24. The van der Waals surface area contributed by atoms with Gasteiger partial charge in [-0.15, -0.1) is 0 Å². The van der Waals surface area contributed by atoms with Crippen molar-refractivity contribution < 1.29 is 18.1 Å². The molecule has 27 heavy (non-hydrogen) atoms. The Morgan fingerprint density at radius 2 is 1.74 bits per heavy atom. The van der Waals surface area contributed by atoms with E-state index in [9.17, 15) is 18.5 Å². The number of nitro benzene ring substituents is 1. The molecule has 0 N–H and O–H groups in total. The molecule has 0 atom stereocenters. The minimum atomic E-state index is -3.76. The average Bonchev–Trinajstić information content (AvgIpc) is 2.69. The highest BCUT2D eigenvalue weighted by atomic mass is 32.2. The Kier molecular flexibility index (Phi) is 5.73. The van der Waals surface area contributed by atoms with E-state index in [-0.39, 0.29) is 17.1 Å². The number of rotatable bonds is 6. The molecule has 0 saturated carbocycles. The second-order valence-corrected chi connectivity index (χ2v) is 8.29. The number of non-ortho nitro benzene ring substituents is 1. The lowest BCUT2D eigenvalue weighted by molar-refractivity contribution is -0.384. The van der Waals surface area contributed by atoms with E-state index in [1.165, 1.54) is 35.6 Å². The fourth-order valence-corrected chi connectivity index (χ4v) is 4.15. The summed E-state index contributed by atoms with van der Waals surface area (Å²) < 4.78 is 32.3. The van der Waals surface area contributed by atoms with Gasteiger partial charge in [-0.2, -0.15) is 4.31 Å². The van der Waals surface area contributed by atoms with Crippen LogP contribution in [0.25, 0.3) is 0 Å². The lowest BCUT2D eigenvalue weighted by atomic mass is 10.1. The molecule has 0 radical (unpaired) electrons. The first-order valence-corrected chi connectivity index (χ1v) is 9.95. The molecule has 2 aromatic rings. The molecule has 3 rings (SSSR count). The Labute approximate surface area is 158 Å². The molecule has 144 valence electrons. The minimum absolute atomic E-state index is 0.0273. The van der Waals surface area contributed by atoms with E-state index in [1.54, 1.807) is 0 Å². The predicted octanol–water partition coefficient (Wildman–Crippen LogP) is 2.25. The average molecular weight is 391 g/mol. The molecule has 2 aromatic carbocycles. The molecule has 1 heterocycles. The molecule has 0 amide bonds. The fraction of sp³-hybridized carbons (Fsp3) is 0.333. The number of nitrogens with zero attached hydrogens (tertiary/aromatic N) is 3. The molecular weight excluding hydrogens is 370 g/mol. The molecule has 0 unspecified atom stereocenters. The smallest absolute Gasteiger partial charge is 0.269 e. The van der Waals surface area contributed by atoms with Crippen LogP contribution in [0.3, 0.4) is 0 Å². The van der Waals surface area contributed by atoms with Crippen molar-refractivity contribution in [3.05, 3.63) is 64.2 Å². The van der Waals surface area contributed by atoms with Crippen molar-refractivity contribution in [3.63, 3.8) is 0 Å². The summed E-state index contributed by atoms with van der Waals surface area (Å²) in [7, 11) is -2.25. The zero-order valence-electron chi connectivity index (χ0n) is 14.9. The van der Waals surface area contributed by atoms with E-state index < -0.39 is 14.9 Å². The summed E-state index contributed by atoms with van der Waals surface area (Å²) in [5.41, 5.74) is 1.74. The van der Waals surface area contributed by atoms with E-state index in [2.05, 4.69) is 4.90 Å². The van der Waals surface area contributed by atoms with Gasteiger partial charge in [0.25, 0.3) is 5.69 Å². The normalized spacial score (nSPS) is 15.1. The Morgan fingerprint density at radius 1 is 1.11 bits per heavy atom. The standard InChI is InChI=1S/C18H21N3O5S/c1-19(27(24,25)17-8-6-16(7-9-17)21(22)23)14-15-4-2-3-5-18(15)20-10-12-26-13-11-20/h2-9H,10-14H2,1H3. The number of hydrogen-bond acceptors (Lipinski definition) is 6. The van der Waals surface area contributed by atoms with E-state index in [1.807, 2.05) is 24.3 Å². The number of morpholine rings is 1. The van der Waals surface area contributed by atoms with E-state index >= 15 is 0 Å². The number of benzene rings is 2. The quantitative estimate of drug-likeness (QED) is 0.554. The summed E-state index contributed by atoms with van der Waals surface area (Å²) in [5.74, 6) is 0. The van der Waals surface area contributed by atoms with E-state index in [4.69, 9.17) is 4.74 Å². The van der Waals surface area contributed by atoms with Crippen LogP contribution in [0.2, 0.25) is 0 Å². The third-order valence-electron chi connectivity index (χ3n) is 4.49. The van der Waals surface area contributed by atoms with Crippen molar-refractivity contribution in [2.45, 2.75) is 11.4 Å². The summed E-state index contributed by atoms with van der Waals surface area (Å²) in [4.78, 5) is 12.4. The van der Waals surface area contributed by atoms with Crippen molar-refractivity contribution in [3.8, 4) is 0 Å². The fourth-order valence-electron chi connectivity index (χ4n) is 3.00. The molecule has 0 spiro atoms. The third kappa shape index (κ3) is 4.26. The summed E-state index contributed by atoms with van der Waals surface area (Å²) in [6.07, 6.45) is 0. The van der Waals surface area contributed by atoms with Crippen LogP contribution < -0.4 is 4.90 Å². The molecule has 9 heteroatoms. The molecule has 1 aliphatic rings. The number of nitro groups is 1. The van der Waals surface area contributed by atoms with Crippen molar-refractivity contribution in [2.75, 3.05) is 38.3 Å². The molecule has 0 bridgehead atoms. The zero-order chi connectivity index (χ0) is 19.4. The van der Waals surface area contributed by atoms with Crippen LogP contribution in [-0.2, 0) is 21.3 Å². The van der Waals surface area contributed by atoms with E-state index in [0.29, 0.717) is 13.2 Å². The van der Waals surface area contributed by atoms with E-state index in [0.717, 1.165) is 24.3 Å². The van der Waals surface area contributed by atoms with Gasteiger partial charge in [-0.05, 0) is 23.8 Å². The SMILES string of the molecule is CN(Cc1ccccc1N1CCOCC1)S(=O)(=O)c1ccc([N+](=O)[O-])cc1. The Bertz CT molecular complexity index is 909. The van der Waals surface area contributed by atoms with Gasteiger partial charge >= 0.3 is 0 Å². The van der Waals surface area contributed by atoms with Crippen LogP contribution >= 0.6 is 0 Å². The Balaban J connectivity index is 1.82. The summed E-state index contributed by atoms with van der Waals surface area (Å²) in [5, 5.41) is 10.8. The van der Waals surface area contributed by atoms with Gasteiger partial charge < -0.3 is 9.64 Å². The van der Waals surface area contributed by atoms with Gasteiger partial charge in [0.15, 0.2) is 0 Å². The Hall–Kier alpha value is -2.49. The molecule has 1 fully saturated rings. The number of para-hydroxylation sites is 1. The van der Waals surface area contributed by atoms with Crippen molar-refractivity contribution in [1.82, 2.24) is 4.31 Å². The van der Waals surface area contributed by atoms with Crippen LogP contribution in [0, 0.1) is 10.1 Å². The molecule has 8 nitrogen and oxygen atoms in total. The second kappa shape index (κ2) is 8.03. The maximum atomic E-state index is 12.8. The highest BCUT2D eigenvalue weighted by molar-refractivity contribution is 7.89. The number of hydrogen-bond donors (Lipinski definition) is 0. The maximum absolute atomic E-state index is 12.8. The van der Waals surface area contributed by atoms with Gasteiger partial charge in [-0.3, -0.25) is 10.1 Å². The first kappa shape index (κ1) is 19.3. The van der Waals surface area contributed by atoms with Crippen LogP contribution in [0.15, 0.2) is 53.4 Å². The Morgan fingerprint density at radius 3 is 2.37 bits per heavy atom. The van der Waals surface area contributed by atoms with Crippen LogP contribution in [0.1, 0.15) is 5.56 Å². The molecule has 0 aromatic heterocycles. The monoisotopic (exact) mass is 391 g/mol. The summed E-state index contributed by atoms with van der Waals surface area (Å²) in [6.45, 7) is 3.01. The van der Waals surface area contributed by atoms with Gasteiger partial charge in [-0.1, -0.05) is 18.2 Å². The largest absolute Gasteiger partial charge is 0.378 e.